The normalized spacial score (nSPS) is 15.4. The maximum absolute atomic E-state index is 12.5. The summed E-state index contributed by atoms with van der Waals surface area (Å²) < 4.78 is 12.2. The van der Waals surface area contributed by atoms with Crippen molar-refractivity contribution >= 4 is 11.6 Å². The minimum absolute atomic E-state index is 0.0965. The number of pyridine rings is 1. The zero-order valence-corrected chi connectivity index (χ0v) is 16.5. The fourth-order valence-electron chi connectivity index (χ4n) is 3.62. The van der Waals surface area contributed by atoms with E-state index in [9.17, 15) is 4.79 Å². The van der Waals surface area contributed by atoms with Crippen molar-refractivity contribution in [2.45, 2.75) is 25.4 Å². The van der Waals surface area contributed by atoms with Gasteiger partial charge in [0.25, 0.3) is 5.91 Å². The Balaban J connectivity index is 1.30. The summed E-state index contributed by atoms with van der Waals surface area (Å²) in [6.45, 7) is 2.69. The highest BCUT2D eigenvalue weighted by atomic mass is 16.5. The van der Waals surface area contributed by atoms with Crippen molar-refractivity contribution in [3.8, 4) is 11.5 Å². The molecule has 0 atom stereocenters. The summed E-state index contributed by atoms with van der Waals surface area (Å²) in [7, 11) is 3.28. The number of piperidine rings is 1. The van der Waals surface area contributed by atoms with Crippen LogP contribution in [0.2, 0.25) is 0 Å². The van der Waals surface area contributed by atoms with Gasteiger partial charge in [0.05, 0.1) is 19.8 Å². The lowest BCUT2D eigenvalue weighted by atomic mass is 10.0. The Morgan fingerprint density at radius 3 is 2.69 bits per heavy atom. The van der Waals surface area contributed by atoms with E-state index in [1.54, 1.807) is 32.5 Å². The summed E-state index contributed by atoms with van der Waals surface area (Å²) in [4.78, 5) is 14.9. The molecule has 1 saturated heterocycles. The molecule has 152 valence electrons. The quantitative estimate of drug-likeness (QED) is 0.675. The van der Waals surface area contributed by atoms with Gasteiger partial charge in [0.2, 0.25) is 0 Å². The van der Waals surface area contributed by atoms with Crippen LogP contribution >= 0.6 is 0 Å². The summed E-state index contributed by atoms with van der Waals surface area (Å²) in [5.41, 5.74) is 2.35. The number of carbonyl (C=O) groups excluding carboxylic acids is 1. The number of nitrogens with one attached hydrogen (secondary N) is 1. The molecule has 0 unspecified atom stereocenters. The van der Waals surface area contributed by atoms with Crippen LogP contribution in [0, 0.1) is 0 Å². The van der Waals surface area contributed by atoms with Gasteiger partial charge in [0.15, 0.2) is 17.1 Å². The number of carbonyl (C=O) groups is 1. The van der Waals surface area contributed by atoms with Crippen LogP contribution in [0.1, 0.15) is 28.8 Å². The third-order valence-corrected chi connectivity index (χ3v) is 5.23. The van der Waals surface area contributed by atoms with E-state index in [2.05, 4.69) is 31.8 Å². The minimum atomic E-state index is -0.0965. The van der Waals surface area contributed by atoms with Crippen LogP contribution in [0.4, 0.5) is 0 Å². The zero-order chi connectivity index (χ0) is 20.2. The van der Waals surface area contributed by atoms with Crippen LogP contribution < -0.4 is 14.8 Å². The lowest BCUT2D eigenvalue weighted by Crippen LogP contribution is -2.44. The molecule has 0 spiro atoms. The van der Waals surface area contributed by atoms with Gasteiger partial charge in [-0.25, -0.2) is 0 Å². The average molecular weight is 396 g/mol. The van der Waals surface area contributed by atoms with Crippen molar-refractivity contribution < 1.29 is 14.3 Å². The summed E-state index contributed by atoms with van der Waals surface area (Å²) in [6.07, 6.45) is 3.47. The molecule has 2 aromatic heterocycles. The number of rotatable bonds is 6. The van der Waals surface area contributed by atoms with Crippen molar-refractivity contribution in [2.24, 2.45) is 0 Å². The highest BCUT2D eigenvalue weighted by Crippen LogP contribution is 2.28. The van der Waals surface area contributed by atoms with Crippen LogP contribution in [-0.4, -0.2) is 64.2 Å². The Bertz CT molecular complexity index is 997. The van der Waals surface area contributed by atoms with E-state index in [1.807, 2.05) is 12.1 Å². The number of amides is 1. The molecule has 0 bridgehead atoms. The standard InChI is InChI=1S/C20H24N6O3/c1-28-17-5-3-14(11-18(17)29-2)12-25-9-7-16(8-10-25)21-20(27)15-4-6-19-22-23-24-26(19)13-15/h3-6,11,13,16H,7-10,12H2,1-2H3,(H,21,27). The molecule has 0 radical (unpaired) electrons. The molecule has 1 aromatic carbocycles. The van der Waals surface area contributed by atoms with Gasteiger partial charge in [-0.15, -0.1) is 5.10 Å². The van der Waals surface area contributed by atoms with Crippen LogP contribution in [-0.2, 0) is 6.54 Å². The molecule has 1 N–H and O–H groups in total. The third-order valence-electron chi connectivity index (χ3n) is 5.23. The maximum Gasteiger partial charge on any atom is 0.253 e. The fraction of sp³-hybridized carbons (Fsp3) is 0.400. The predicted molar refractivity (Wildman–Crippen MR) is 106 cm³/mol. The van der Waals surface area contributed by atoms with Crippen LogP contribution in [0.5, 0.6) is 11.5 Å². The summed E-state index contributed by atoms with van der Waals surface area (Å²) in [6, 6.07) is 9.65. The number of aromatic nitrogens is 4. The molecule has 1 fully saturated rings. The first kappa shape index (κ1) is 19.1. The molecule has 29 heavy (non-hydrogen) atoms. The molecular formula is C20H24N6O3. The zero-order valence-electron chi connectivity index (χ0n) is 16.5. The number of tetrazole rings is 1. The van der Waals surface area contributed by atoms with E-state index in [1.165, 1.54) is 10.1 Å². The highest BCUT2D eigenvalue weighted by molar-refractivity contribution is 5.94. The molecule has 4 rings (SSSR count). The van der Waals surface area contributed by atoms with Gasteiger partial charge in [0.1, 0.15) is 0 Å². The van der Waals surface area contributed by atoms with Gasteiger partial charge < -0.3 is 14.8 Å². The highest BCUT2D eigenvalue weighted by Gasteiger charge is 2.22. The van der Waals surface area contributed by atoms with E-state index in [0.717, 1.165) is 44.0 Å². The van der Waals surface area contributed by atoms with Gasteiger partial charge in [-0.1, -0.05) is 6.07 Å². The van der Waals surface area contributed by atoms with Gasteiger partial charge in [-0.05, 0) is 53.1 Å². The topological polar surface area (TPSA) is 93.9 Å². The predicted octanol–water partition coefficient (Wildman–Crippen LogP) is 1.54. The number of methoxy groups -OCH3 is 2. The third kappa shape index (κ3) is 4.29. The van der Waals surface area contributed by atoms with Crippen molar-refractivity contribution in [1.29, 1.82) is 0 Å². The second kappa shape index (κ2) is 8.44. The van der Waals surface area contributed by atoms with Crippen LogP contribution in [0.25, 0.3) is 5.65 Å². The average Bonchev–Trinajstić information content (AvgIpc) is 3.23. The number of fused-ring (bicyclic) bond motifs is 1. The lowest BCUT2D eigenvalue weighted by Gasteiger charge is -2.32. The van der Waals surface area contributed by atoms with Gasteiger partial charge in [0, 0.05) is 31.9 Å². The molecule has 0 aliphatic carbocycles. The summed E-state index contributed by atoms with van der Waals surface area (Å²) >= 11 is 0. The first-order valence-corrected chi connectivity index (χ1v) is 9.58. The first-order chi connectivity index (χ1) is 14.2. The van der Waals surface area contributed by atoms with Crippen LogP contribution in [0.3, 0.4) is 0 Å². The van der Waals surface area contributed by atoms with Gasteiger partial charge in [-0.3, -0.25) is 9.69 Å². The Morgan fingerprint density at radius 2 is 1.93 bits per heavy atom. The molecule has 3 aromatic rings. The molecule has 1 amide bonds. The lowest BCUT2D eigenvalue weighted by molar-refractivity contribution is 0.0908. The van der Waals surface area contributed by atoms with Crippen molar-refractivity contribution in [1.82, 2.24) is 30.3 Å². The van der Waals surface area contributed by atoms with Crippen molar-refractivity contribution in [3.63, 3.8) is 0 Å². The monoisotopic (exact) mass is 396 g/mol. The molecule has 9 nitrogen and oxygen atoms in total. The summed E-state index contributed by atoms with van der Waals surface area (Å²) in [5.74, 6) is 1.38. The number of hydrogen-bond acceptors (Lipinski definition) is 7. The van der Waals surface area contributed by atoms with Gasteiger partial charge >= 0.3 is 0 Å². The molecule has 9 heteroatoms. The van der Waals surface area contributed by atoms with Crippen molar-refractivity contribution in [2.75, 3.05) is 27.3 Å². The van der Waals surface area contributed by atoms with Crippen molar-refractivity contribution in [3.05, 3.63) is 47.7 Å². The van der Waals surface area contributed by atoms with Crippen LogP contribution in [0.15, 0.2) is 36.5 Å². The molecule has 1 aliphatic rings. The SMILES string of the molecule is COc1ccc(CN2CCC(NC(=O)c3ccc4nnnn4c3)CC2)cc1OC. The van der Waals surface area contributed by atoms with E-state index >= 15 is 0 Å². The molecule has 3 heterocycles. The number of likely N-dealkylation sites (tertiary alicyclic amines) is 1. The molecule has 0 saturated carbocycles. The Morgan fingerprint density at radius 1 is 1.14 bits per heavy atom. The maximum atomic E-state index is 12.5. The second-order valence-electron chi connectivity index (χ2n) is 7.11. The smallest absolute Gasteiger partial charge is 0.253 e. The number of ether oxygens (including phenoxy) is 2. The second-order valence-corrected chi connectivity index (χ2v) is 7.11. The summed E-state index contributed by atoms with van der Waals surface area (Å²) in [5, 5.41) is 14.4. The van der Waals surface area contributed by atoms with E-state index in [0.29, 0.717) is 11.2 Å². The fourth-order valence-corrected chi connectivity index (χ4v) is 3.62. The number of benzene rings is 1. The minimum Gasteiger partial charge on any atom is -0.493 e. The van der Waals surface area contributed by atoms with E-state index in [-0.39, 0.29) is 11.9 Å². The van der Waals surface area contributed by atoms with E-state index < -0.39 is 0 Å². The number of hydrogen-bond donors (Lipinski definition) is 1. The van der Waals surface area contributed by atoms with Gasteiger partial charge in [-0.2, -0.15) is 4.52 Å². The Kier molecular flexibility index (Phi) is 5.57. The Hall–Kier alpha value is -3.20. The number of nitrogens with zero attached hydrogens (tertiary/aromatic N) is 5. The van der Waals surface area contributed by atoms with E-state index in [4.69, 9.17) is 9.47 Å². The largest absolute Gasteiger partial charge is 0.493 e. The first-order valence-electron chi connectivity index (χ1n) is 9.58. The Labute approximate surface area is 168 Å². The molecular weight excluding hydrogens is 372 g/mol. The molecule has 1 aliphatic heterocycles.